The Morgan fingerprint density at radius 2 is 2.25 bits per heavy atom. The van der Waals surface area contributed by atoms with Gasteiger partial charge in [0.15, 0.2) is 0 Å². The quantitative estimate of drug-likeness (QED) is 0.819. The van der Waals surface area contributed by atoms with E-state index in [-0.39, 0.29) is 0 Å². The largest absolute Gasteiger partial charge is 0.378 e. The van der Waals surface area contributed by atoms with Crippen LogP contribution in [0, 0.1) is 5.92 Å². The van der Waals surface area contributed by atoms with Crippen molar-refractivity contribution in [3.05, 3.63) is 15.6 Å². The van der Waals surface area contributed by atoms with Gasteiger partial charge in [-0.15, -0.1) is 11.3 Å². The van der Waals surface area contributed by atoms with Gasteiger partial charge in [0.1, 0.15) is 5.01 Å². The Bertz CT molecular complexity index is 313. The Morgan fingerprint density at radius 1 is 1.50 bits per heavy atom. The number of hydrogen-bond donors (Lipinski definition) is 1. The molecule has 0 radical (unpaired) electrons. The Hall–Kier alpha value is -0.100. The average Bonchev–Trinajstić information content (AvgIpc) is 2.61. The van der Waals surface area contributed by atoms with Gasteiger partial charge in [-0.05, 0) is 11.7 Å². The molecule has 0 spiro atoms. The molecule has 2 N–H and O–H groups in total. The van der Waals surface area contributed by atoms with E-state index in [1.54, 1.807) is 18.4 Å². The van der Waals surface area contributed by atoms with E-state index in [4.69, 9.17) is 10.5 Å². The van der Waals surface area contributed by atoms with E-state index < -0.39 is 0 Å². The summed E-state index contributed by atoms with van der Waals surface area (Å²) in [5.74, 6) is 2.90. The highest BCUT2D eigenvalue weighted by molar-refractivity contribution is 7.98. The van der Waals surface area contributed by atoms with Crippen molar-refractivity contribution >= 4 is 23.1 Å². The maximum Gasteiger partial charge on any atom is 0.103 e. The van der Waals surface area contributed by atoms with Gasteiger partial charge >= 0.3 is 0 Å². The van der Waals surface area contributed by atoms with Crippen molar-refractivity contribution in [3.8, 4) is 0 Å². The summed E-state index contributed by atoms with van der Waals surface area (Å²) < 4.78 is 5.11. The molecule has 0 aliphatic heterocycles. The Balaban J connectivity index is 2.53. The van der Waals surface area contributed by atoms with Crippen molar-refractivity contribution in [2.75, 3.05) is 12.9 Å². The lowest BCUT2D eigenvalue weighted by atomic mass is 10.3. The van der Waals surface area contributed by atoms with Gasteiger partial charge in [-0.2, -0.15) is 11.8 Å². The van der Waals surface area contributed by atoms with Crippen LogP contribution in [0.15, 0.2) is 0 Å². The van der Waals surface area contributed by atoms with Crippen molar-refractivity contribution in [1.82, 2.24) is 4.98 Å². The summed E-state index contributed by atoms with van der Waals surface area (Å²) in [5.41, 5.74) is 6.69. The molecule has 1 rings (SSSR count). The fourth-order valence-electron chi connectivity index (χ4n) is 1.29. The number of nitrogens with zero attached hydrogens (tertiary/aromatic N) is 1. The SMILES string of the molecule is COCc1nc(CSCC(C)C)sc1CN. The molecule has 0 amide bonds. The van der Waals surface area contributed by atoms with Gasteiger partial charge in [-0.1, -0.05) is 13.8 Å². The summed E-state index contributed by atoms with van der Waals surface area (Å²) in [4.78, 5) is 5.71. The number of ether oxygens (including phenoxy) is 1. The molecule has 5 heteroatoms. The summed E-state index contributed by atoms with van der Waals surface area (Å²) in [7, 11) is 1.69. The van der Waals surface area contributed by atoms with Gasteiger partial charge in [0.05, 0.1) is 12.3 Å². The molecular weight excluding hydrogens is 240 g/mol. The van der Waals surface area contributed by atoms with E-state index in [1.165, 1.54) is 5.75 Å². The lowest BCUT2D eigenvalue weighted by Gasteiger charge is -2.01. The van der Waals surface area contributed by atoms with Crippen LogP contribution in [0.2, 0.25) is 0 Å². The molecule has 0 saturated carbocycles. The molecule has 0 atom stereocenters. The predicted octanol–water partition coefficient (Wildman–Crippen LogP) is 2.64. The van der Waals surface area contributed by atoms with Crippen molar-refractivity contribution in [2.45, 2.75) is 32.8 Å². The third-order valence-electron chi connectivity index (χ3n) is 1.97. The van der Waals surface area contributed by atoms with Gasteiger partial charge in [0.25, 0.3) is 0 Å². The molecule has 92 valence electrons. The second kappa shape index (κ2) is 7.27. The van der Waals surface area contributed by atoms with Crippen LogP contribution >= 0.6 is 23.1 Å². The van der Waals surface area contributed by atoms with Crippen LogP contribution in [0.5, 0.6) is 0 Å². The number of thioether (sulfide) groups is 1. The number of hydrogen-bond acceptors (Lipinski definition) is 5. The molecule has 0 aliphatic rings. The van der Waals surface area contributed by atoms with Crippen molar-refractivity contribution in [3.63, 3.8) is 0 Å². The van der Waals surface area contributed by atoms with Crippen molar-refractivity contribution in [1.29, 1.82) is 0 Å². The summed E-state index contributed by atoms with van der Waals surface area (Å²) in [6, 6.07) is 0. The Kier molecular flexibility index (Phi) is 6.34. The molecule has 0 bridgehead atoms. The normalized spacial score (nSPS) is 11.3. The fraction of sp³-hybridized carbons (Fsp3) is 0.727. The van der Waals surface area contributed by atoms with Gasteiger partial charge in [-0.25, -0.2) is 4.98 Å². The highest BCUT2D eigenvalue weighted by Gasteiger charge is 2.09. The lowest BCUT2D eigenvalue weighted by molar-refractivity contribution is 0.181. The van der Waals surface area contributed by atoms with E-state index in [1.807, 2.05) is 11.8 Å². The fourth-order valence-corrected chi connectivity index (χ4v) is 3.35. The number of methoxy groups -OCH3 is 1. The molecule has 0 aromatic carbocycles. The summed E-state index contributed by atoms with van der Waals surface area (Å²) in [6.07, 6.45) is 0. The van der Waals surface area contributed by atoms with Crippen LogP contribution in [0.3, 0.4) is 0 Å². The molecule has 1 heterocycles. The second-order valence-electron chi connectivity index (χ2n) is 4.02. The van der Waals surface area contributed by atoms with Gasteiger partial charge in [0, 0.05) is 24.3 Å². The van der Waals surface area contributed by atoms with Crippen LogP contribution in [-0.2, 0) is 23.6 Å². The highest BCUT2D eigenvalue weighted by atomic mass is 32.2. The Morgan fingerprint density at radius 3 is 2.81 bits per heavy atom. The Labute approximate surface area is 106 Å². The maximum absolute atomic E-state index is 5.68. The molecule has 0 fully saturated rings. The predicted molar refractivity (Wildman–Crippen MR) is 71.7 cm³/mol. The summed E-state index contributed by atoms with van der Waals surface area (Å²) in [5, 5.41) is 1.16. The minimum absolute atomic E-state index is 0.561. The van der Waals surface area contributed by atoms with E-state index in [2.05, 4.69) is 18.8 Å². The molecule has 0 aliphatic carbocycles. The van der Waals surface area contributed by atoms with E-state index >= 15 is 0 Å². The first kappa shape index (κ1) is 14.0. The summed E-state index contributed by atoms with van der Waals surface area (Å²) in [6.45, 7) is 5.59. The number of thiazole rings is 1. The average molecular weight is 260 g/mol. The standard InChI is InChI=1S/C11H20N2OS2/c1-8(2)6-15-7-11-13-9(5-14-3)10(4-12)16-11/h8H,4-7,12H2,1-3H3. The minimum Gasteiger partial charge on any atom is -0.378 e. The molecule has 3 nitrogen and oxygen atoms in total. The second-order valence-corrected chi connectivity index (χ2v) is 6.22. The molecule has 1 aromatic heterocycles. The van der Waals surface area contributed by atoms with Crippen LogP contribution in [0.25, 0.3) is 0 Å². The van der Waals surface area contributed by atoms with E-state index in [9.17, 15) is 0 Å². The first-order valence-electron chi connectivity index (χ1n) is 5.41. The smallest absolute Gasteiger partial charge is 0.103 e. The maximum atomic E-state index is 5.68. The molecule has 0 unspecified atom stereocenters. The molecule has 16 heavy (non-hydrogen) atoms. The third kappa shape index (κ3) is 4.41. The van der Waals surface area contributed by atoms with Crippen LogP contribution < -0.4 is 5.73 Å². The zero-order valence-electron chi connectivity index (χ0n) is 10.2. The zero-order chi connectivity index (χ0) is 12.0. The van der Waals surface area contributed by atoms with Gasteiger partial charge in [0.2, 0.25) is 0 Å². The van der Waals surface area contributed by atoms with E-state index in [0.717, 1.165) is 27.2 Å². The first-order chi connectivity index (χ1) is 7.67. The number of rotatable bonds is 7. The number of nitrogens with two attached hydrogens (primary N) is 1. The lowest BCUT2D eigenvalue weighted by Crippen LogP contribution is -1.99. The first-order valence-corrected chi connectivity index (χ1v) is 7.38. The van der Waals surface area contributed by atoms with Crippen LogP contribution in [0.4, 0.5) is 0 Å². The summed E-state index contributed by atoms with van der Waals surface area (Å²) >= 11 is 3.65. The van der Waals surface area contributed by atoms with Crippen LogP contribution in [0.1, 0.15) is 29.4 Å². The van der Waals surface area contributed by atoms with Gasteiger partial charge in [-0.3, -0.25) is 0 Å². The molecular formula is C11H20N2OS2. The highest BCUT2D eigenvalue weighted by Crippen LogP contribution is 2.23. The van der Waals surface area contributed by atoms with Crippen molar-refractivity contribution in [2.24, 2.45) is 11.7 Å². The van der Waals surface area contributed by atoms with Gasteiger partial charge < -0.3 is 10.5 Å². The third-order valence-corrected chi connectivity index (χ3v) is 4.65. The minimum atomic E-state index is 0.561. The molecule has 0 saturated heterocycles. The monoisotopic (exact) mass is 260 g/mol. The topological polar surface area (TPSA) is 48.1 Å². The van der Waals surface area contributed by atoms with Crippen molar-refractivity contribution < 1.29 is 4.74 Å². The van der Waals surface area contributed by atoms with E-state index in [0.29, 0.717) is 13.2 Å². The number of aromatic nitrogens is 1. The van der Waals surface area contributed by atoms with Crippen LogP contribution in [-0.4, -0.2) is 17.8 Å². The zero-order valence-corrected chi connectivity index (χ0v) is 11.8. The molecule has 1 aromatic rings.